The summed E-state index contributed by atoms with van der Waals surface area (Å²) in [6.07, 6.45) is 0. The lowest BCUT2D eigenvalue weighted by Gasteiger charge is -2.21. The standard InChI is InChI=1S/C28H19FN2O3/c29-22-14-10-21(11-15-22)27-26(20-12-16-23(17-13-20)31(33)34)28(32)24-8-4-5-9-25(24)30(27)18-19-6-2-1-3-7-19/h1-17H,18H2. The Morgan fingerprint density at radius 3 is 2.06 bits per heavy atom. The topological polar surface area (TPSA) is 65.1 Å². The Kier molecular flexibility index (Phi) is 5.47. The lowest BCUT2D eigenvalue weighted by atomic mass is 9.95. The van der Waals surface area contributed by atoms with Crippen LogP contribution in [-0.4, -0.2) is 9.49 Å². The Hall–Kier alpha value is -4.58. The zero-order chi connectivity index (χ0) is 23.7. The van der Waals surface area contributed by atoms with E-state index < -0.39 is 4.92 Å². The molecule has 0 aliphatic carbocycles. The van der Waals surface area contributed by atoms with E-state index in [4.69, 9.17) is 0 Å². The molecule has 6 heteroatoms. The number of nitrogens with zero attached hydrogens (tertiary/aromatic N) is 2. The van der Waals surface area contributed by atoms with Crippen molar-refractivity contribution in [2.75, 3.05) is 0 Å². The highest BCUT2D eigenvalue weighted by molar-refractivity contribution is 5.92. The zero-order valence-electron chi connectivity index (χ0n) is 18.0. The maximum absolute atomic E-state index is 13.8. The van der Waals surface area contributed by atoms with Gasteiger partial charge in [-0.15, -0.1) is 0 Å². The molecular weight excluding hydrogens is 431 g/mol. The maximum atomic E-state index is 13.8. The Balaban J connectivity index is 1.88. The number of hydrogen-bond acceptors (Lipinski definition) is 3. The maximum Gasteiger partial charge on any atom is 0.269 e. The second-order valence-electron chi connectivity index (χ2n) is 7.95. The molecule has 0 aliphatic heterocycles. The van der Waals surface area contributed by atoms with E-state index in [1.54, 1.807) is 30.3 Å². The molecule has 0 radical (unpaired) electrons. The van der Waals surface area contributed by atoms with Crippen molar-refractivity contribution in [3.8, 4) is 22.4 Å². The molecule has 4 aromatic carbocycles. The number of benzene rings is 4. The van der Waals surface area contributed by atoms with Crippen LogP contribution in [0.1, 0.15) is 5.56 Å². The third-order valence-electron chi connectivity index (χ3n) is 5.84. The third kappa shape index (κ3) is 3.86. The van der Waals surface area contributed by atoms with Crippen LogP contribution >= 0.6 is 0 Å². The number of non-ortho nitro benzene ring substituents is 1. The van der Waals surface area contributed by atoms with Crippen molar-refractivity contribution in [2.45, 2.75) is 6.54 Å². The Morgan fingerprint density at radius 2 is 1.38 bits per heavy atom. The number of hydrogen-bond donors (Lipinski definition) is 0. The van der Waals surface area contributed by atoms with Gasteiger partial charge in [0.05, 0.1) is 21.7 Å². The molecule has 0 bridgehead atoms. The van der Waals surface area contributed by atoms with Gasteiger partial charge in [-0.25, -0.2) is 4.39 Å². The number of aromatic nitrogens is 1. The molecule has 5 nitrogen and oxygen atoms in total. The molecule has 0 amide bonds. The number of pyridine rings is 1. The molecule has 5 aromatic rings. The first-order chi connectivity index (χ1) is 16.5. The molecule has 0 unspecified atom stereocenters. The largest absolute Gasteiger partial charge is 0.335 e. The molecule has 1 aromatic heterocycles. The molecule has 0 saturated carbocycles. The number of rotatable bonds is 5. The van der Waals surface area contributed by atoms with Gasteiger partial charge in [0.1, 0.15) is 5.82 Å². The van der Waals surface area contributed by atoms with Crippen LogP contribution in [0.2, 0.25) is 0 Å². The van der Waals surface area contributed by atoms with Gasteiger partial charge in [-0.1, -0.05) is 42.5 Å². The fourth-order valence-corrected chi connectivity index (χ4v) is 4.25. The normalized spacial score (nSPS) is 11.0. The molecule has 1 heterocycles. The molecule has 34 heavy (non-hydrogen) atoms. The fourth-order valence-electron chi connectivity index (χ4n) is 4.25. The van der Waals surface area contributed by atoms with Crippen molar-refractivity contribution < 1.29 is 9.31 Å². The summed E-state index contributed by atoms with van der Waals surface area (Å²) >= 11 is 0. The Morgan fingerprint density at radius 1 is 0.765 bits per heavy atom. The van der Waals surface area contributed by atoms with Crippen LogP contribution in [0.25, 0.3) is 33.3 Å². The lowest BCUT2D eigenvalue weighted by molar-refractivity contribution is -0.384. The number of halogens is 1. The first-order valence-corrected chi connectivity index (χ1v) is 10.7. The summed E-state index contributed by atoms with van der Waals surface area (Å²) < 4.78 is 15.8. The van der Waals surface area contributed by atoms with Gasteiger partial charge in [0.2, 0.25) is 0 Å². The van der Waals surface area contributed by atoms with Crippen molar-refractivity contribution in [1.29, 1.82) is 0 Å². The quantitative estimate of drug-likeness (QED) is 0.229. The average molecular weight is 450 g/mol. The molecule has 166 valence electrons. The summed E-state index contributed by atoms with van der Waals surface area (Å²) in [6.45, 7) is 0.480. The molecular formula is C28H19FN2O3. The van der Waals surface area contributed by atoms with Crippen molar-refractivity contribution in [3.63, 3.8) is 0 Å². The zero-order valence-corrected chi connectivity index (χ0v) is 18.0. The van der Waals surface area contributed by atoms with E-state index >= 15 is 0 Å². The predicted molar refractivity (Wildman–Crippen MR) is 131 cm³/mol. The van der Waals surface area contributed by atoms with Crippen LogP contribution in [0.15, 0.2) is 108 Å². The number of nitro benzene ring substituents is 1. The van der Waals surface area contributed by atoms with Crippen LogP contribution in [0.3, 0.4) is 0 Å². The number of fused-ring (bicyclic) bond motifs is 1. The van der Waals surface area contributed by atoms with Crippen LogP contribution in [-0.2, 0) is 6.54 Å². The van der Waals surface area contributed by atoms with E-state index in [0.29, 0.717) is 34.3 Å². The molecule has 0 spiro atoms. The van der Waals surface area contributed by atoms with Gasteiger partial charge in [0, 0.05) is 24.1 Å². The highest BCUT2D eigenvalue weighted by Crippen LogP contribution is 2.34. The van der Waals surface area contributed by atoms with E-state index in [9.17, 15) is 19.3 Å². The average Bonchev–Trinajstić information content (AvgIpc) is 2.87. The molecule has 0 saturated heterocycles. The van der Waals surface area contributed by atoms with Gasteiger partial charge in [-0.05, 0) is 65.2 Å². The minimum atomic E-state index is -0.473. The van der Waals surface area contributed by atoms with Crippen LogP contribution in [0.4, 0.5) is 10.1 Å². The highest BCUT2D eigenvalue weighted by atomic mass is 19.1. The first-order valence-electron chi connectivity index (χ1n) is 10.7. The summed E-state index contributed by atoms with van der Waals surface area (Å²) in [5.74, 6) is -0.376. The summed E-state index contributed by atoms with van der Waals surface area (Å²) in [5.41, 5.74) is 3.81. The van der Waals surface area contributed by atoms with Gasteiger partial charge in [0.15, 0.2) is 5.43 Å². The minimum Gasteiger partial charge on any atom is -0.335 e. The van der Waals surface area contributed by atoms with E-state index in [2.05, 4.69) is 4.57 Å². The van der Waals surface area contributed by atoms with E-state index in [0.717, 1.165) is 11.1 Å². The smallest absolute Gasteiger partial charge is 0.269 e. The molecule has 0 fully saturated rings. The highest BCUT2D eigenvalue weighted by Gasteiger charge is 2.21. The van der Waals surface area contributed by atoms with Gasteiger partial charge < -0.3 is 4.57 Å². The van der Waals surface area contributed by atoms with Crippen LogP contribution in [0, 0.1) is 15.9 Å². The summed E-state index contributed by atoms with van der Waals surface area (Å²) in [6, 6.07) is 29.2. The van der Waals surface area contributed by atoms with Crippen molar-refractivity contribution in [3.05, 3.63) is 135 Å². The predicted octanol–water partition coefficient (Wildman–Crippen LogP) is 6.43. The third-order valence-corrected chi connectivity index (χ3v) is 5.84. The Bertz CT molecular complexity index is 1560. The molecule has 0 atom stereocenters. The van der Waals surface area contributed by atoms with E-state index in [1.807, 2.05) is 48.5 Å². The van der Waals surface area contributed by atoms with Gasteiger partial charge in [-0.2, -0.15) is 0 Å². The fraction of sp³-hybridized carbons (Fsp3) is 0.0357. The van der Waals surface area contributed by atoms with Gasteiger partial charge >= 0.3 is 0 Å². The lowest BCUT2D eigenvalue weighted by Crippen LogP contribution is -2.17. The monoisotopic (exact) mass is 450 g/mol. The second kappa shape index (κ2) is 8.75. The van der Waals surface area contributed by atoms with Crippen molar-refractivity contribution in [2.24, 2.45) is 0 Å². The molecule has 5 rings (SSSR count). The summed E-state index contributed by atoms with van der Waals surface area (Å²) in [5, 5.41) is 11.7. The second-order valence-corrected chi connectivity index (χ2v) is 7.95. The summed E-state index contributed by atoms with van der Waals surface area (Å²) in [4.78, 5) is 24.5. The van der Waals surface area contributed by atoms with Gasteiger partial charge in [0.25, 0.3) is 5.69 Å². The SMILES string of the molecule is O=c1c(-c2ccc([N+](=O)[O-])cc2)c(-c2ccc(F)cc2)n(Cc2ccccc2)c2ccccc12. The van der Waals surface area contributed by atoms with Crippen molar-refractivity contribution in [1.82, 2.24) is 4.57 Å². The number of para-hydroxylation sites is 1. The van der Waals surface area contributed by atoms with Crippen LogP contribution in [0.5, 0.6) is 0 Å². The van der Waals surface area contributed by atoms with E-state index in [1.165, 1.54) is 24.3 Å². The van der Waals surface area contributed by atoms with Gasteiger partial charge in [-0.3, -0.25) is 14.9 Å². The van der Waals surface area contributed by atoms with Crippen LogP contribution < -0.4 is 5.43 Å². The summed E-state index contributed by atoms with van der Waals surface area (Å²) in [7, 11) is 0. The first kappa shape index (κ1) is 21.3. The van der Waals surface area contributed by atoms with Crippen molar-refractivity contribution >= 4 is 16.6 Å². The molecule has 0 N–H and O–H groups in total. The minimum absolute atomic E-state index is 0.0579. The Labute approximate surface area is 194 Å². The molecule has 0 aliphatic rings. The number of nitro groups is 1. The van der Waals surface area contributed by atoms with E-state index in [-0.39, 0.29) is 16.9 Å².